The van der Waals surface area contributed by atoms with E-state index in [1.54, 1.807) is 37.3 Å². The summed E-state index contributed by atoms with van der Waals surface area (Å²) in [5.41, 5.74) is -0.259. The summed E-state index contributed by atoms with van der Waals surface area (Å²) in [5.74, 6) is -0.534. The molecule has 1 fully saturated rings. The zero-order valence-corrected chi connectivity index (χ0v) is 24.5. The van der Waals surface area contributed by atoms with E-state index < -0.39 is 36.2 Å². The average molecular weight is 607 g/mol. The fraction of sp³-hybridized carbons (Fsp3) is 0.333. The van der Waals surface area contributed by atoms with Crippen molar-refractivity contribution in [2.75, 3.05) is 26.4 Å². The van der Waals surface area contributed by atoms with Gasteiger partial charge in [0.05, 0.1) is 11.9 Å². The molecule has 2 aromatic carbocycles. The number of aromatic nitrogens is 3. The average Bonchev–Trinajstić information content (AvgIpc) is 3.51. The highest BCUT2D eigenvalue weighted by Crippen LogP contribution is 2.34. The van der Waals surface area contributed by atoms with Gasteiger partial charge in [-0.15, -0.1) is 0 Å². The molecule has 1 saturated heterocycles. The lowest BCUT2D eigenvalue weighted by molar-refractivity contribution is -0.129. The minimum atomic E-state index is -3.21. The first-order chi connectivity index (χ1) is 21.1. The molecule has 3 heterocycles. The third-order valence-corrected chi connectivity index (χ3v) is 8.12. The Hall–Kier alpha value is -4.67. The number of para-hydroxylation sites is 1. The van der Waals surface area contributed by atoms with Crippen molar-refractivity contribution < 1.29 is 32.6 Å². The normalized spacial score (nSPS) is 14.1. The van der Waals surface area contributed by atoms with Crippen LogP contribution >= 0.6 is 0 Å². The number of carboxylic acid groups (broad SMARTS) is 1. The summed E-state index contributed by atoms with van der Waals surface area (Å²) in [5, 5.41) is 13.4. The van der Waals surface area contributed by atoms with Crippen LogP contribution in [0.3, 0.4) is 0 Å². The molecule has 44 heavy (non-hydrogen) atoms. The molecular formula is C33H33F3N4O4. The van der Waals surface area contributed by atoms with E-state index in [0.29, 0.717) is 22.9 Å². The van der Waals surface area contributed by atoms with Crippen molar-refractivity contribution in [3.8, 4) is 22.8 Å². The topological polar surface area (TPSA) is 97.6 Å². The Bertz CT molecular complexity index is 1660. The number of pyridine rings is 1. The fourth-order valence-corrected chi connectivity index (χ4v) is 5.59. The summed E-state index contributed by atoms with van der Waals surface area (Å²) in [6, 6.07) is 18.3. The smallest absolute Gasteiger partial charge is 0.339 e. The lowest BCUT2D eigenvalue weighted by Crippen LogP contribution is -2.36. The van der Waals surface area contributed by atoms with Gasteiger partial charge in [-0.25, -0.2) is 27.6 Å². The van der Waals surface area contributed by atoms with Gasteiger partial charge in [-0.1, -0.05) is 36.4 Å². The van der Waals surface area contributed by atoms with E-state index in [2.05, 4.69) is 28.3 Å². The van der Waals surface area contributed by atoms with Gasteiger partial charge in [-0.3, -0.25) is 4.79 Å². The summed E-state index contributed by atoms with van der Waals surface area (Å²) in [6.45, 7) is 1.91. The predicted molar refractivity (Wildman–Crippen MR) is 158 cm³/mol. The number of halogens is 3. The quantitative estimate of drug-likeness (QED) is 0.226. The van der Waals surface area contributed by atoms with Crippen LogP contribution < -0.4 is 4.74 Å². The minimum Gasteiger partial charge on any atom is -0.488 e. The van der Waals surface area contributed by atoms with Crippen molar-refractivity contribution in [1.82, 2.24) is 19.7 Å². The molecule has 0 bridgehead atoms. The number of nitrogens with zero attached hydrogens (tertiary/aromatic N) is 4. The molecule has 1 aliphatic heterocycles. The molecule has 2 aromatic heterocycles. The monoisotopic (exact) mass is 606 g/mol. The number of aryl methyl sites for hydroxylation is 1. The van der Waals surface area contributed by atoms with Crippen molar-refractivity contribution in [3.63, 3.8) is 0 Å². The number of ether oxygens (including phenoxy) is 1. The number of piperidine rings is 1. The Balaban J connectivity index is 1.38. The number of aromatic carboxylic acids is 1. The van der Waals surface area contributed by atoms with E-state index in [0.717, 1.165) is 47.9 Å². The van der Waals surface area contributed by atoms with Crippen LogP contribution in [0.2, 0.25) is 0 Å². The number of hydrogen-bond donors (Lipinski definition) is 1. The number of rotatable bonds is 10. The summed E-state index contributed by atoms with van der Waals surface area (Å²) in [4.78, 5) is 29.8. The molecule has 5 rings (SSSR count). The van der Waals surface area contributed by atoms with Crippen molar-refractivity contribution in [2.45, 2.75) is 44.9 Å². The lowest BCUT2D eigenvalue weighted by Gasteiger charge is -2.31. The number of amides is 1. The molecule has 0 radical (unpaired) electrons. The Morgan fingerprint density at radius 2 is 1.77 bits per heavy atom. The highest BCUT2D eigenvalue weighted by Gasteiger charge is 2.41. The number of alkyl halides is 3. The van der Waals surface area contributed by atoms with E-state index in [1.807, 2.05) is 17.9 Å². The maximum absolute atomic E-state index is 15.2. The van der Waals surface area contributed by atoms with Crippen molar-refractivity contribution >= 4 is 11.9 Å². The molecular weight excluding hydrogens is 573 g/mol. The van der Waals surface area contributed by atoms with Gasteiger partial charge in [-0.2, -0.15) is 5.10 Å². The number of hydrogen-bond acceptors (Lipinski definition) is 5. The number of carbonyl (C=O) groups is 2. The fourth-order valence-electron chi connectivity index (χ4n) is 5.59. The largest absolute Gasteiger partial charge is 0.488 e. The summed E-state index contributed by atoms with van der Waals surface area (Å²) in [6.07, 6.45) is 2.71. The van der Waals surface area contributed by atoms with Crippen LogP contribution in [0.5, 0.6) is 5.75 Å². The first kappa shape index (κ1) is 30.8. The molecule has 0 saturated carbocycles. The second kappa shape index (κ2) is 12.9. The molecule has 1 amide bonds. The molecule has 1 aliphatic rings. The van der Waals surface area contributed by atoms with Gasteiger partial charge in [0.2, 0.25) is 11.6 Å². The van der Waals surface area contributed by atoms with Crippen LogP contribution in [0, 0.1) is 6.92 Å². The number of benzene rings is 2. The van der Waals surface area contributed by atoms with Crippen LogP contribution in [0.4, 0.5) is 13.2 Å². The summed E-state index contributed by atoms with van der Waals surface area (Å²) >= 11 is 0. The number of carboxylic acids is 1. The third kappa shape index (κ3) is 6.17. The number of likely N-dealkylation sites (tertiary alicyclic amines) is 1. The maximum Gasteiger partial charge on any atom is 0.339 e. The van der Waals surface area contributed by atoms with Crippen LogP contribution in [-0.2, 0) is 17.1 Å². The van der Waals surface area contributed by atoms with Crippen LogP contribution in [0.25, 0.3) is 17.1 Å². The summed E-state index contributed by atoms with van der Waals surface area (Å²) in [7, 11) is 0. The van der Waals surface area contributed by atoms with Gasteiger partial charge in [-0.05, 0) is 66.6 Å². The molecule has 1 N–H and O–H groups in total. The lowest BCUT2D eigenvalue weighted by atomic mass is 9.88. The standard InChI is InChI=1S/C33H33F3N4O4/c1-21-16-24(23-12-14-39(15-13-23)22(2)41)10-11-25(21)18-44-29-8-4-3-6-26(29)28-7-5-9-30(38-28)40-31(33(36,19-34)20-35)27(17-37-40)32(42)43/h3-11,16-17,23H,12-15,18-20H2,1-2H3,(H,42,43). The first-order valence-corrected chi connectivity index (χ1v) is 14.3. The van der Waals surface area contributed by atoms with Crippen LogP contribution in [0.15, 0.2) is 66.9 Å². The SMILES string of the molecule is CC(=O)N1CCC(c2ccc(COc3ccccc3-c3cccc(-n4ncc(C(=O)O)c4C(F)(CF)CF)n3)c(C)c2)CC1. The van der Waals surface area contributed by atoms with Crippen molar-refractivity contribution in [1.29, 1.82) is 0 Å². The second-order valence-corrected chi connectivity index (χ2v) is 11.0. The Kier molecular flexibility index (Phi) is 9.03. The summed E-state index contributed by atoms with van der Waals surface area (Å²) < 4.78 is 49.6. The Morgan fingerprint density at radius 3 is 2.43 bits per heavy atom. The van der Waals surface area contributed by atoms with Gasteiger partial charge in [0.25, 0.3) is 0 Å². The van der Waals surface area contributed by atoms with Gasteiger partial charge >= 0.3 is 5.97 Å². The second-order valence-electron chi connectivity index (χ2n) is 11.0. The molecule has 0 atom stereocenters. The molecule has 8 nitrogen and oxygen atoms in total. The highest BCUT2D eigenvalue weighted by molar-refractivity contribution is 5.89. The minimum absolute atomic E-state index is 0.00991. The maximum atomic E-state index is 15.2. The highest BCUT2D eigenvalue weighted by atomic mass is 19.2. The number of carbonyl (C=O) groups excluding carboxylic acids is 1. The Labute approximate surface area is 253 Å². The van der Waals surface area contributed by atoms with Gasteiger partial charge in [0.1, 0.15) is 37.0 Å². The van der Waals surface area contributed by atoms with Crippen molar-refractivity contribution in [2.24, 2.45) is 0 Å². The van der Waals surface area contributed by atoms with Crippen LogP contribution in [-0.4, -0.2) is 63.1 Å². The predicted octanol–water partition coefficient (Wildman–Crippen LogP) is 6.35. The van der Waals surface area contributed by atoms with Gasteiger partial charge in [0.15, 0.2) is 5.82 Å². The molecule has 4 aromatic rings. The van der Waals surface area contributed by atoms with E-state index >= 15 is 4.39 Å². The first-order valence-electron chi connectivity index (χ1n) is 14.3. The van der Waals surface area contributed by atoms with Gasteiger partial charge in [0, 0.05) is 25.6 Å². The van der Waals surface area contributed by atoms with E-state index in [4.69, 9.17) is 4.74 Å². The van der Waals surface area contributed by atoms with E-state index in [-0.39, 0.29) is 18.3 Å². The van der Waals surface area contributed by atoms with Crippen LogP contribution in [0.1, 0.15) is 58.4 Å². The molecule has 11 heteroatoms. The molecule has 0 unspecified atom stereocenters. The van der Waals surface area contributed by atoms with Crippen molar-refractivity contribution in [3.05, 3.63) is 94.8 Å². The zero-order valence-electron chi connectivity index (χ0n) is 24.5. The molecule has 0 aliphatic carbocycles. The van der Waals surface area contributed by atoms with Gasteiger partial charge < -0.3 is 14.7 Å². The zero-order chi connectivity index (χ0) is 31.4. The Morgan fingerprint density at radius 1 is 1.05 bits per heavy atom. The third-order valence-electron chi connectivity index (χ3n) is 8.12. The molecule has 230 valence electrons. The molecule has 0 spiro atoms. The van der Waals surface area contributed by atoms with E-state index in [1.165, 1.54) is 11.6 Å². The van der Waals surface area contributed by atoms with E-state index in [9.17, 15) is 23.5 Å².